The highest BCUT2D eigenvalue weighted by molar-refractivity contribution is 6.30. The van der Waals surface area contributed by atoms with Gasteiger partial charge in [-0.25, -0.2) is 8.78 Å². The fourth-order valence-corrected chi connectivity index (χ4v) is 1.97. The van der Waals surface area contributed by atoms with Crippen LogP contribution in [-0.2, 0) is 0 Å². The highest BCUT2D eigenvalue weighted by Crippen LogP contribution is 2.25. The van der Waals surface area contributed by atoms with E-state index < -0.39 is 23.6 Å². The standard InChI is InChI=1S/C15H12ClF2NO3/c16-9-2-3-10(15(19)21)14(6-9)22-7-13(20)8-1-4-11(17)12(18)5-8/h1-6,13,20H,7H2,(H2,19,21). The molecule has 2 aromatic rings. The second kappa shape index (κ2) is 6.72. The second-order valence-electron chi connectivity index (χ2n) is 4.51. The molecule has 0 spiro atoms. The molecular weight excluding hydrogens is 316 g/mol. The minimum atomic E-state index is -1.21. The second-order valence-corrected chi connectivity index (χ2v) is 4.94. The minimum Gasteiger partial charge on any atom is -0.490 e. The molecule has 0 saturated heterocycles. The van der Waals surface area contributed by atoms with Crippen LogP contribution in [-0.4, -0.2) is 17.6 Å². The summed E-state index contributed by atoms with van der Waals surface area (Å²) < 4.78 is 31.3. The average molecular weight is 328 g/mol. The van der Waals surface area contributed by atoms with E-state index in [9.17, 15) is 18.7 Å². The first-order valence-electron chi connectivity index (χ1n) is 6.23. The van der Waals surface area contributed by atoms with Gasteiger partial charge >= 0.3 is 0 Å². The molecule has 0 saturated carbocycles. The predicted molar refractivity (Wildman–Crippen MR) is 76.8 cm³/mol. The van der Waals surface area contributed by atoms with E-state index >= 15 is 0 Å². The number of halogens is 3. The van der Waals surface area contributed by atoms with E-state index in [-0.39, 0.29) is 23.5 Å². The zero-order valence-corrected chi connectivity index (χ0v) is 12.0. The number of carbonyl (C=O) groups is 1. The number of aliphatic hydroxyl groups excluding tert-OH is 1. The number of carbonyl (C=O) groups excluding carboxylic acids is 1. The summed E-state index contributed by atoms with van der Waals surface area (Å²) in [6, 6.07) is 7.25. The summed E-state index contributed by atoms with van der Waals surface area (Å²) >= 11 is 5.81. The fourth-order valence-electron chi connectivity index (χ4n) is 1.80. The molecule has 0 radical (unpaired) electrons. The van der Waals surface area contributed by atoms with Crippen molar-refractivity contribution in [3.63, 3.8) is 0 Å². The van der Waals surface area contributed by atoms with Gasteiger partial charge in [0, 0.05) is 5.02 Å². The number of nitrogens with two attached hydrogens (primary N) is 1. The lowest BCUT2D eigenvalue weighted by atomic mass is 10.1. The third kappa shape index (κ3) is 3.72. The molecule has 0 heterocycles. The van der Waals surface area contributed by atoms with Crippen LogP contribution in [0.25, 0.3) is 0 Å². The van der Waals surface area contributed by atoms with Gasteiger partial charge in [0.15, 0.2) is 11.6 Å². The zero-order chi connectivity index (χ0) is 16.3. The van der Waals surface area contributed by atoms with Gasteiger partial charge in [-0.05, 0) is 35.9 Å². The highest BCUT2D eigenvalue weighted by atomic mass is 35.5. The van der Waals surface area contributed by atoms with Crippen LogP contribution >= 0.6 is 11.6 Å². The van der Waals surface area contributed by atoms with Crippen LogP contribution in [0.3, 0.4) is 0 Å². The Kier molecular flexibility index (Phi) is 4.95. The molecule has 2 rings (SSSR count). The SMILES string of the molecule is NC(=O)c1ccc(Cl)cc1OCC(O)c1ccc(F)c(F)c1. The van der Waals surface area contributed by atoms with Crippen molar-refractivity contribution < 1.29 is 23.4 Å². The zero-order valence-electron chi connectivity index (χ0n) is 11.2. The Morgan fingerprint density at radius 1 is 1.23 bits per heavy atom. The molecule has 0 fully saturated rings. The first-order valence-corrected chi connectivity index (χ1v) is 6.61. The largest absolute Gasteiger partial charge is 0.490 e. The summed E-state index contributed by atoms with van der Waals surface area (Å²) in [4.78, 5) is 11.3. The summed E-state index contributed by atoms with van der Waals surface area (Å²) in [7, 11) is 0. The fraction of sp³-hybridized carbons (Fsp3) is 0.133. The van der Waals surface area contributed by atoms with Crippen molar-refractivity contribution in [2.75, 3.05) is 6.61 Å². The Hall–Kier alpha value is -2.18. The van der Waals surface area contributed by atoms with Crippen LogP contribution in [0.5, 0.6) is 5.75 Å². The topological polar surface area (TPSA) is 72.6 Å². The van der Waals surface area contributed by atoms with E-state index in [4.69, 9.17) is 22.1 Å². The van der Waals surface area contributed by atoms with Crippen molar-refractivity contribution >= 4 is 17.5 Å². The third-order valence-electron chi connectivity index (χ3n) is 2.93. The van der Waals surface area contributed by atoms with Gasteiger partial charge in [-0.1, -0.05) is 17.7 Å². The van der Waals surface area contributed by atoms with E-state index in [2.05, 4.69) is 0 Å². The van der Waals surface area contributed by atoms with Gasteiger partial charge in [-0.2, -0.15) is 0 Å². The van der Waals surface area contributed by atoms with Crippen LogP contribution in [0, 0.1) is 11.6 Å². The summed E-state index contributed by atoms with van der Waals surface area (Å²) in [6.07, 6.45) is -1.21. The van der Waals surface area contributed by atoms with Gasteiger partial charge in [-0.3, -0.25) is 4.79 Å². The first kappa shape index (κ1) is 16.2. The number of amides is 1. The lowest BCUT2D eigenvalue weighted by molar-refractivity contribution is 0.0966. The summed E-state index contributed by atoms with van der Waals surface area (Å²) in [6.45, 7) is -0.286. The molecule has 0 aliphatic carbocycles. The first-order chi connectivity index (χ1) is 10.4. The summed E-state index contributed by atoms with van der Waals surface area (Å²) in [5.74, 6) is -2.70. The minimum absolute atomic E-state index is 0.0987. The molecule has 0 aliphatic heterocycles. The normalized spacial score (nSPS) is 12.0. The molecule has 1 amide bonds. The van der Waals surface area contributed by atoms with Gasteiger partial charge in [0.2, 0.25) is 0 Å². The molecule has 1 unspecified atom stereocenters. The maximum Gasteiger partial charge on any atom is 0.252 e. The predicted octanol–water partition coefficient (Wildman–Crippen LogP) is 2.83. The quantitative estimate of drug-likeness (QED) is 0.887. The molecule has 0 bridgehead atoms. The molecule has 3 N–H and O–H groups in total. The van der Waals surface area contributed by atoms with Gasteiger partial charge in [0.05, 0.1) is 5.56 Å². The van der Waals surface area contributed by atoms with E-state index in [1.165, 1.54) is 24.3 Å². The monoisotopic (exact) mass is 327 g/mol. The van der Waals surface area contributed by atoms with Crippen LogP contribution in [0.1, 0.15) is 22.0 Å². The van der Waals surface area contributed by atoms with E-state index in [1.54, 1.807) is 0 Å². The van der Waals surface area contributed by atoms with Gasteiger partial charge in [-0.15, -0.1) is 0 Å². The molecule has 0 aromatic heterocycles. The molecule has 7 heteroatoms. The van der Waals surface area contributed by atoms with Gasteiger partial charge < -0.3 is 15.6 Å². The number of ether oxygens (including phenoxy) is 1. The van der Waals surface area contributed by atoms with Crippen molar-refractivity contribution in [3.05, 3.63) is 64.2 Å². The van der Waals surface area contributed by atoms with Crippen LogP contribution in [0.4, 0.5) is 8.78 Å². The van der Waals surface area contributed by atoms with Crippen molar-refractivity contribution in [2.45, 2.75) is 6.10 Å². The lowest BCUT2D eigenvalue weighted by Gasteiger charge is -2.15. The molecule has 22 heavy (non-hydrogen) atoms. The smallest absolute Gasteiger partial charge is 0.252 e. The number of hydrogen-bond donors (Lipinski definition) is 2. The number of benzene rings is 2. The highest BCUT2D eigenvalue weighted by Gasteiger charge is 2.15. The molecule has 116 valence electrons. The van der Waals surface area contributed by atoms with Crippen molar-refractivity contribution in [1.82, 2.24) is 0 Å². The maximum absolute atomic E-state index is 13.1. The number of hydrogen-bond acceptors (Lipinski definition) is 3. The summed E-state index contributed by atoms with van der Waals surface area (Å²) in [5, 5.41) is 10.3. The van der Waals surface area contributed by atoms with Crippen molar-refractivity contribution in [2.24, 2.45) is 5.73 Å². The van der Waals surface area contributed by atoms with E-state index in [0.29, 0.717) is 5.02 Å². The number of aliphatic hydroxyl groups is 1. The number of rotatable bonds is 5. The van der Waals surface area contributed by atoms with Crippen LogP contribution < -0.4 is 10.5 Å². The molecule has 2 aromatic carbocycles. The van der Waals surface area contributed by atoms with Crippen LogP contribution in [0.15, 0.2) is 36.4 Å². The molecule has 0 aliphatic rings. The van der Waals surface area contributed by atoms with Crippen LogP contribution in [0.2, 0.25) is 5.02 Å². The van der Waals surface area contributed by atoms with E-state index in [0.717, 1.165) is 12.1 Å². The Bertz CT molecular complexity index is 709. The molecular formula is C15H12ClF2NO3. The maximum atomic E-state index is 13.1. The van der Waals surface area contributed by atoms with Crippen molar-refractivity contribution in [1.29, 1.82) is 0 Å². The number of primary amides is 1. The molecule has 1 atom stereocenters. The Labute approximate surface area is 130 Å². The summed E-state index contributed by atoms with van der Waals surface area (Å²) in [5.41, 5.74) is 5.44. The third-order valence-corrected chi connectivity index (χ3v) is 3.17. The van der Waals surface area contributed by atoms with E-state index in [1.807, 2.05) is 0 Å². The lowest BCUT2D eigenvalue weighted by Crippen LogP contribution is -2.15. The Morgan fingerprint density at radius 2 is 1.95 bits per heavy atom. The van der Waals surface area contributed by atoms with Gasteiger partial charge in [0.1, 0.15) is 18.5 Å². The molecule has 4 nitrogen and oxygen atoms in total. The Balaban J connectivity index is 2.14. The van der Waals surface area contributed by atoms with Crippen molar-refractivity contribution in [3.8, 4) is 5.75 Å². The van der Waals surface area contributed by atoms with Gasteiger partial charge in [0.25, 0.3) is 5.91 Å². The average Bonchev–Trinajstić information content (AvgIpc) is 2.47. The Morgan fingerprint density at radius 3 is 2.59 bits per heavy atom.